The minimum Gasteiger partial charge on any atom is -0.481 e. The van der Waals surface area contributed by atoms with E-state index in [0.29, 0.717) is 19.3 Å². The Labute approximate surface area is 121 Å². The van der Waals surface area contributed by atoms with Crippen molar-refractivity contribution in [1.29, 1.82) is 0 Å². The monoisotopic (exact) mass is 284 g/mol. The van der Waals surface area contributed by atoms with E-state index in [2.05, 4.69) is 13.0 Å². The van der Waals surface area contributed by atoms with Crippen molar-refractivity contribution < 1.29 is 20.1 Å². The summed E-state index contributed by atoms with van der Waals surface area (Å²) >= 11 is 0. The number of rotatable bonds is 12. The van der Waals surface area contributed by atoms with E-state index in [1.165, 1.54) is 19.3 Å². The van der Waals surface area contributed by atoms with Crippen LogP contribution in [-0.4, -0.2) is 33.5 Å². The van der Waals surface area contributed by atoms with Crippen LogP contribution in [0.5, 0.6) is 0 Å². The number of aliphatic carboxylic acids is 1. The van der Waals surface area contributed by atoms with Gasteiger partial charge in [-0.15, -0.1) is 0 Å². The van der Waals surface area contributed by atoms with Crippen molar-refractivity contribution in [3.05, 3.63) is 24.3 Å². The third kappa shape index (κ3) is 13.3. The molecule has 0 bridgehead atoms. The number of carbonyl (C=O) groups is 1. The molecule has 0 saturated carbocycles. The normalized spacial score (nSPS) is 14.9. The molecule has 2 atom stereocenters. The fourth-order valence-electron chi connectivity index (χ4n) is 1.79. The maximum atomic E-state index is 10.3. The van der Waals surface area contributed by atoms with Gasteiger partial charge in [-0.2, -0.15) is 0 Å². The van der Waals surface area contributed by atoms with Crippen molar-refractivity contribution in [1.82, 2.24) is 0 Å². The first-order valence-corrected chi connectivity index (χ1v) is 7.45. The molecule has 0 amide bonds. The Bertz CT molecular complexity index is 297. The van der Waals surface area contributed by atoms with Crippen molar-refractivity contribution in [2.45, 2.75) is 70.5 Å². The van der Waals surface area contributed by atoms with Gasteiger partial charge in [0.05, 0.1) is 18.6 Å². The molecule has 0 aromatic carbocycles. The summed E-state index contributed by atoms with van der Waals surface area (Å²) in [5, 5.41) is 27.5. The van der Waals surface area contributed by atoms with E-state index in [-0.39, 0.29) is 6.42 Å². The summed E-state index contributed by atoms with van der Waals surface area (Å²) in [5.74, 6) is -0.991. The number of carboxylic acid groups (broad SMARTS) is 1. The maximum absolute atomic E-state index is 10.3. The smallest absolute Gasteiger partial charge is 0.305 e. The topological polar surface area (TPSA) is 77.8 Å². The van der Waals surface area contributed by atoms with Crippen LogP contribution in [0, 0.1) is 0 Å². The van der Waals surface area contributed by atoms with Crippen molar-refractivity contribution in [2.24, 2.45) is 0 Å². The highest BCUT2D eigenvalue weighted by Gasteiger charge is 2.07. The van der Waals surface area contributed by atoms with Crippen LogP contribution in [0.1, 0.15) is 58.3 Å². The molecule has 20 heavy (non-hydrogen) atoms. The average molecular weight is 284 g/mol. The number of carboxylic acids is 1. The second-order valence-electron chi connectivity index (χ2n) is 5.03. The summed E-state index contributed by atoms with van der Waals surface area (Å²) < 4.78 is 0. The van der Waals surface area contributed by atoms with Gasteiger partial charge in [0.15, 0.2) is 0 Å². The van der Waals surface area contributed by atoms with Crippen LogP contribution in [0.4, 0.5) is 0 Å². The lowest BCUT2D eigenvalue weighted by Gasteiger charge is -2.05. The van der Waals surface area contributed by atoms with Crippen molar-refractivity contribution >= 4 is 5.97 Å². The lowest BCUT2D eigenvalue weighted by Crippen LogP contribution is -2.12. The molecular weight excluding hydrogens is 256 g/mol. The van der Waals surface area contributed by atoms with E-state index in [1.54, 1.807) is 12.2 Å². The zero-order valence-corrected chi connectivity index (χ0v) is 12.4. The molecule has 0 rings (SSSR count). The Kier molecular flexibility index (Phi) is 12.2. The molecular formula is C16H28O4. The lowest BCUT2D eigenvalue weighted by molar-refractivity contribution is -0.139. The highest BCUT2D eigenvalue weighted by Crippen LogP contribution is 2.05. The van der Waals surface area contributed by atoms with Crippen LogP contribution in [-0.2, 0) is 4.79 Å². The molecule has 0 aliphatic rings. The zero-order valence-electron chi connectivity index (χ0n) is 12.4. The van der Waals surface area contributed by atoms with Gasteiger partial charge in [-0.05, 0) is 32.1 Å². The van der Waals surface area contributed by atoms with Gasteiger partial charge < -0.3 is 15.3 Å². The SMILES string of the molecule is CCCCC/C=C/C[C@H](O)/C=C/CC[C@@H](O)CC(=O)O. The number of hydrogen-bond acceptors (Lipinski definition) is 3. The summed E-state index contributed by atoms with van der Waals surface area (Å²) in [7, 11) is 0. The second kappa shape index (κ2) is 12.9. The first-order valence-electron chi connectivity index (χ1n) is 7.45. The Balaban J connectivity index is 3.62. The molecule has 0 heterocycles. The summed E-state index contributed by atoms with van der Waals surface area (Å²) in [6.45, 7) is 2.17. The first-order chi connectivity index (χ1) is 9.56. The Morgan fingerprint density at radius 3 is 2.50 bits per heavy atom. The molecule has 0 aromatic heterocycles. The molecule has 0 aliphatic heterocycles. The number of unbranched alkanes of at least 4 members (excludes halogenated alkanes) is 3. The van der Waals surface area contributed by atoms with E-state index in [1.807, 2.05) is 6.08 Å². The number of aliphatic hydroxyl groups is 2. The molecule has 0 saturated heterocycles. The predicted octanol–water partition coefficient (Wildman–Crippen LogP) is 3.05. The van der Waals surface area contributed by atoms with E-state index >= 15 is 0 Å². The molecule has 0 fully saturated rings. The minimum atomic E-state index is -0.991. The second-order valence-corrected chi connectivity index (χ2v) is 5.03. The van der Waals surface area contributed by atoms with Crippen LogP contribution < -0.4 is 0 Å². The Morgan fingerprint density at radius 1 is 1.10 bits per heavy atom. The standard InChI is InChI=1S/C16H28O4/c1-2-3-4-5-6-7-10-14(17)11-8-9-12-15(18)13-16(19)20/h6-8,11,14-15,17-18H,2-5,9-10,12-13H2,1H3,(H,19,20)/b7-6+,11-8+/t14-,15+/m0/s1. The van der Waals surface area contributed by atoms with Gasteiger partial charge in [0, 0.05) is 0 Å². The minimum absolute atomic E-state index is 0.225. The van der Waals surface area contributed by atoms with Crippen LogP contribution in [0.2, 0.25) is 0 Å². The molecule has 0 radical (unpaired) electrons. The fourth-order valence-corrected chi connectivity index (χ4v) is 1.79. The summed E-state index contributed by atoms with van der Waals surface area (Å²) in [4.78, 5) is 10.3. The summed E-state index contributed by atoms with van der Waals surface area (Å²) in [6.07, 6.45) is 12.3. The van der Waals surface area contributed by atoms with Crippen LogP contribution in [0.15, 0.2) is 24.3 Å². The molecule has 0 aromatic rings. The van der Waals surface area contributed by atoms with E-state index in [9.17, 15) is 15.0 Å². The van der Waals surface area contributed by atoms with Gasteiger partial charge in [-0.1, -0.05) is 44.1 Å². The highest BCUT2D eigenvalue weighted by molar-refractivity contribution is 5.67. The number of hydrogen-bond donors (Lipinski definition) is 3. The third-order valence-electron chi connectivity index (χ3n) is 2.95. The van der Waals surface area contributed by atoms with Crippen molar-refractivity contribution in [2.75, 3.05) is 0 Å². The van der Waals surface area contributed by atoms with Crippen LogP contribution in [0.3, 0.4) is 0 Å². The first kappa shape index (κ1) is 18.9. The summed E-state index contributed by atoms with van der Waals surface area (Å²) in [5.41, 5.74) is 0. The van der Waals surface area contributed by atoms with Gasteiger partial charge in [-0.3, -0.25) is 4.79 Å². The molecule has 0 aliphatic carbocycles. The highest BCUT2D eigenvalue weighted by atomic mass is 16.4. The molecule has 116 valence electrons. The fraction of sp³-hybridized carbons (Fsp3) is 0.688. The van der Waals surface area contributed by atoms with E-state index in [0.717, 1.165) is 6.42 Å². The lowest BCUT2D eigenvalue weighted by atomic mass is 10.1. The molecule has 0 spiro atoms. The van der Waals surface area contributed by atoms with Gasteiger partial charge in [0.25, 0.3) is 0 Å². The van der Waals surface area contributed by atoms with Gasteiger partial charge >= 0.3 is 5.97 Å². The summed E-state index contributed by atoms with van der Waals surface area (Å²) in [6, 6.07) is 0. The third-order valence-corrected chi connectivity index (χ3v) is 2.95. The van der Waals surface area contributed by atoms with Gasteiger partial charge in [0.2, 0.25) is 0 Å². The molecule has 4 nitrogen and oxygen atoms in total. The predicted molar refractivity (Wildman–Crippen MR) is 80.5 cm³/mol. The zero-order chi connectivity index (χ0) is 15.2. The largest absolute Gasteiger partial charge is 0.481 e. The van der Waals surface area contributed by atoms with Gasteiger partial charge in [0.1, 0.15) is 0 Å². The molecule has 4 heteroatoms. The van der Waals surface area contributed by atoms with Crippen LogP contribution in [0.25, 0.3) is 0 Å². The molecule has 3 N–H and O–H groups in total. The van der Waals surface area contributed by atoms with Gasteiger partial charge in [-0.25, -0.2) is 0 Å². The van der Waals surface area contributed by atoms with Crippen molar-refractivity contribution in [3.8, 4) is 0 Å². The maximum Gasteiger partial charge on any atom is 0.305 e. The Morgan fingerprint density at radius 2 is 1.85 bits per heavy atom. The van der Waals surface area contributed by atoms with Crippen molar-refractivity contribution in [3.63, 3.8) is 0 Å². The number of allylic oxidation sites excluding steroid dienone is 2. The average Bonchev–Trinajstić information content (AvgIpc) is 2.38. The number of aliphatic hydroxyl groups excluding tert-OH is 2. The van der Waals surface area contributed by atoms with Crippen LogP contribution >= 0.6 is 0 Å². The quantitative estimate of drug-likeness (QED) is 0.380. The Hall–Kier alpha value is -1.13. The van der Waals surface area contributed by atoms with E-state index in [4.69, 9.17) is 5.11 Å². The van der Waals surface area contributed by atoms with E-state index < -0.39 is 18.2 Å². The molecule has 0 unspecified atom stereocenters.